The van der Waals surface area contributed by atoms with Crippen molar-refractivity contribution in [3.63, 3.8) is 0 Å². The summed E-state index contributed by atoms with van der Waals surface area (Å²) in [5.74, 6) is -0.169. The second-order valence-corrected chi connectivity index (χ2v) is 7.36. The Morgan fingerprint density at radius 3 is 2.20 bits per heavy atom. The van der Waals surface area contributed by atoms with Crippen LogP contribution in [0.2, 0.25) is 0 Å². The summed E-state index contributed by atoms with van der Waals surface area (Å²) in [5.41, 5.74) is 6.88. The number of carbonyl (C=O) groups is 1. The second-order valence-electron chi connectivity index (χ2n) is 5.94. The highest BCUT2D eigenvalue weighted by molar-refractivity contribution is 7.86. The molecule has 1 saturated heterocycles. The predicted octanol–water partition coefficient (Wildman–Crippen LogP) is 2.71. The monoisotopic (exact) mass is 364 g/mol. The van der Waals surface area contributed by atoms with Gasteiger partial charge in [-0.1, -0.05) is 0 Å². The molecule has 1 aliphatic rings. The molecule has 1 heterocycles. The highest BCUT2D eigenvalue weighted by atomic mass is 32.3. The summed E-state index contributed by atoms with van der Waals surface area (Å²) < 4.78 is 40.0. The molecule has 0 bridgehead atoms. The van der Waals surface area contributed by atoms with Crippen LogP contribution in [-0.4, -0.2) is 26.6 Å². The van der Waals surface area contributed by atoms with Gasteiger partial charge < -0.3 is 15.4 Å². The maximum Gasteiger partial charge on any atom is 0.302 e. The molecule has 0 aliphatic carbocycles. The van der Waals surface area contributed by atoms with Gasteiger partial charge in [0.2, 0.25) is 5.91 Å². The molecular weight excluding hydrogens is 347 g/mol. The summed E-state index contributed by atoms with van der Waals surface area (Å²) in [6.07, 6.45) is 0.0207. The van der Waals surface area contributed by atoms with E-state index in [1.807, 2.05) is 0 Å². The van der Waals surface area contributed by atoms with Gasteiger partial charge in [0.15, 0.2) is 0 Å². The van der Waals surface area contributed by atoms with Crippen LogP contribution >= 0.6 is 0 Å². The van der Waals surface area contributed by atoms with E-state index in [4.69, 9.17) is 10.5 Å². The van der Waals surface area contributed by atoms with Gasteiger partial charge in [-0.25, -0.2) is 0 Å². The molecule has 0 spiro atoms. The highest BCUT2D eigenvalue weighted by Crippen LogP contribution is 2.29. The second kappa shape index (κ2) is 6.72. The summed E-state index contributed by atoms with van der Waals surface area (Å²) in [6.45, 7) is 0.181. The van der Waals surface area contributed by atoms with Gasteiger partial charge in [0.05, 0.1) is 5.75 Å². The number of amides is 1. The molecule has 1 amide bonds. The number of carbonyl (C=O) groups excluding carboxylic acids is 1. The average Bonchev–Trinajstić information content (AvgIpc) is 2.89. The molecule has 1 aliphatic heterocycles. The third-order valence-electron chi connectivity index (χ3n) is 3.90. The number of nitrogens with zero attached hydrogens (tertiary/aromatic N) is 1. The lowest BCUT2D eigenvalue weighted by Gasteiger charge is -2.17. The number of nitrogen functional groups attached to an aromatic ring is 1. The van der Waals surface area contributed by atoms with E-state index in [9.17, 15) is 17.1 Å². The lowest BCUT2D eigenvalue weighted by Crippen LogP contribution is -2.25. The van der Waals surface area contributed by atoms with Crippen molar-refractivity contribution in [3.05, 3.63) is 48.5 Å². The normalized spacial score (nSPS) is 17.7. The maximum absolute atomic E-state index is 12.8. The zero-order valence-electron chi connectivity index (χ0n) is 13.3. The fraction of sp³-hybridized carbons (Fsp3) is 0.235. The summed E-state index contributed by atoms with van der Waals surface area (Å²) in [6, 6.07) is 13.8. The molecular formula is C17H17FN2O4S. The van der Waals surface area contributed by atoms with Crippen LogP contribution in [0.1, 0.15) is 6.42 Å². The van der Waals surface area contributed by atoms with E-state index in [0.29, 0.717) is 22.9 Å². The van der Waals surface area contributed by atoms with Gasteiger partial charge in [-0.2, -0.15) is 8.42 Å². The van der Waals surface area contributed by atoms with E-state index in [0.717, 1.165) is 0 Å². The topological polar surface area (TPSA) is 89.7 Å². The van der Waals surface area contributed by atoms with Crippen LogP contribution < -0.4 is 15.4 Å². The van der Waals surface area contributed by atoms with Crippen LogP contribution in [0.4, 0.5) is 15.3 Å². The number of anilines is 2. The Hall–Kier alpha value is -2.61. The largest absolute Gasteiger partial charge is 0.457 e. The molecule has 0 radical (unpaired) electrons. The molecule has 2 N–H and O–H groups in total. The number of benzene rings is 2. The molecule has 6 nitrogen and oxygen atoms in total. The van der Waals surface area contributed by atoms with Gasteiger partial charge in [-0.15, -0.1) is 3.89 Å². The van der Waals surface area contributed by atoms with Crippen molar-refractivity contribution in [3.8, 4) is 11.5 Å². The Morgan fingerprint density at radius 2 is 1.64 bits per heavy atom. The SMILES string of the molecule is Nc1ccc(Oc2ccc(N3CC(CS(=O)(=O)F)CC3=O)cc2)cc1. The smallest absolute Gasteiger partial charge is 0.302 e. The first kappa shape index (κ1) is 17.2. The minimum absolute atomic E-state index is 0.0207. The number of ether oxygens (including phenoxy) is 1. The fourth-order valence-electron chi connectivity index (χ4n) is 2.79. The van der Waals surface area contributed by atoms with Crippen LogP contribution in [0, 0.1) is 5.92 Å². The Morgan fingerprint density at radius 1 is 1.08 bits per heavy atom. The molecule has 3 rings (SSSR count). The molecule has 0 saturated carbocycles. The van der Waals surface area contributed by atoms with Crippen molar-refractivity contribution in [2.45, 2.75) is 6.42 Å². The van der Waals surface area contributed by atoms with E-state index in [2.05, 4.69) is 0 Å². The zero-order chi connectivity index (χ0) is 18.0. The standard InChI is InChI=1S/C17H17FN2O4S/c18-25(22,23)11-12-9-17(21)20(10-12)14-3-7-16(8-4-14)24-15-5-1-13(19)2-6-15/h1-8,12H,9-11,19H2. The van der Waals surface area contributed by atoms with Crippen molar-refractivity contribution in [1.29, 1.82) is 0 Å². The zero-order valence-corrected chi connectivity index (χ0v) is 14.1. The van der Waals surface area contributed by atoms with Crippen molar-refractivity contribution >= 4 is 27.5 Å². The predicted molar refractivity (Wildman–Crippen MR) is 92.7 cm³/mol. The van der Waals surface area contributed by atoms with Crippen LogP contribution in [0.15, 0.2) is 48.5 Å². The fourth-order valence-corrected chi connectivity index (χ4v) is 3.58. The minimum atomic E-state index is -4.59. The summed E-state index contributed by atoms with van der Waals surface area (Å²) in [4.78, 5) is 13.5. The quantitative estimate of drug-likeness (QED) is 0.651. The van der Waals surface area contributed by atoms with Gasteiger partial charge in [0, 0.05) is 30.3 Å². The maximum atomic E-state index is 12.8. The van der Waals surface area contributed by atoms with E-state index in [1.165, 1.54) is 4.90 Å². The molecule has 0 aromatic heterocycles. The van der Waals surface area contributed by atoms with Gasteiger partial charge in [-0.05, 0) is 48.5 Å². The van der Waals surface area contributed by atoms with Crippen molar-refractivity contribution < 1.29 is 21.8 Å². The number of hydrogen-bond acceptors (Lipinski definition) is 5. The summed E-state index contributed by atoms with van der Waals surface area (Å²) >= 11 is 0. The molecule has 2 aromatic carbocycles. The number of halogens is 1. The number of hydrogen-bond donors (Lipinski definition) is 1. The Balaban J connectivity index is 1.68. The number of rotatable bonds is 5. The van der Waals surface area contributed by atoms with Crippen molar-refractivity contribution in [2.75, 3.05) is 22.9 Å². The van der Waals surface area contributed by atoms with Crippen molar-refractivity contribution in [1.82, 2.24) is 0 Å². The summed E-state index contributed by atoms with van der Waals surface area (Å²) in [7, 11) is -4.59. The minimum Gasteiger partial charge on any atom is -0.457 e. The Kier molecular flexibility index (Phi) is 4.63. The lowest BCUT2D eigenvalue weighted by molar-refractivity contribution is -0.117. The van der Waals surface area contributed by atoms with E-state index >= 15 is 0 Å². The first-order valence-corrected chi connectivity index (χ1v) is 9.21. The Bertz CT molecular complexity index is 867. The lowest BCUT2D eigenvalue weighted by atomic mass is 10.1. The molecule has 132 valence electrons. The first-order valence-electron chi connectivity index (χ1n) is 7.66. The third kappa shape index (κ3) is 4.48. The number of nitrogens with two attached hydrogens (primary N) is 1. The first-order chi connectivity index (χ1) is 11.8. The highest BCUT2D eigenvalue weighted by Gasteiger charge is 2.33. The molecule has 2 aromatic rings. The Labute approximate surface area is 145 Å². The average molecular weight is 364 g/mol. The van der Waals surface area contributed by atoms with Crippen molar-refractivity contribution in [2.24, 2.45) is 5.92 Å². The molecule has 1 fully saturated rings. The van der Waals surface area contributed by atoms with Gasteiger partial charge in [0.25, 0.3) is 0 Å². The van der Waals surface area contributed by atoms with Gasteiger partial charge >= 0.3 is 10.2 Å². The van der Waals surface area contributed by atoms with E-state index in [1.54, 1.807) is 48.5 Å². The molecule has 25 heavy (non-hydrogen) atoms. The molecule has 8 heteroatoms. The third-order valence-corrected chi connectivity index (χ3v) is 4.77. The van der Waals surface area contributed by atoms with E-state index in [-0.39, 0.29) is 18.9 Å². The van der Waals surface area contributed by atoms with Crippen LogP contribution in [-0.2, 0) is 15.0 Å². The van der Waals surface area contributed by atoms with Crippen LogP contribution in [0.5, 0.6) is 11.5 Å². The van der Waals surface area contributed by atoms with E-state index < -0.39 is 21.9 Å². The molecule has 1 unspecified atom stereocenters. The van der Waals surface area contributed by atoms with Gasteiger partial charge in [-0.3, -0.25) is 4.79 Å². The van der Waals surface area contributed by atoms with Crippen LogP contribution in [0.25, 0.3) is 0 Å². The van der Waals surface area contributed by atoms with Crippen LogP contribution in [0.3, 0.4) is 0 Å². The summed E-state index contributed by atoms with van der Waals surface area (Å²) in [5, 5.41) is 0. The molecule has 1 atom stereocenters. The van der Waals surface area contributed by atoms with Gasteiger partial charge in [0.1, 0.15) is 11.5 Å².